The second-order valence-electron chi connectivity index (χ2n) is 5.49. The van der Waals surface area contributed by atoms with Crippen molar-refractivity contribution in [2.75, 3.05) is 50.5 Å². The van der Waals surface area contributed by atoms with E-state index in [1.54, 1.807) is 0 Å². The van der Waals surface area contributed by atoms with Gasteiger partial charge in [0.2, 0.25) is 5.95 Å². The van der Waals surface area contributed by atoms with Gasteiger partial charge in [0.15, 0.2) is 0 Å². The molecule has 0 aliphatic carbocycles. The van der Waals surface area contributed by atoms with E-state index in [-0.39, 0.29) is 12.4 Å². The van der Waals surface area contributed by atoms with Gasteiger partial charge in [-0.25, -0.2) is 4.98 Å². The Morgan fingerprint density at radius 2 is 2.43 bits per heavy atom. The summed E-state index contributed by atoms with van der Waals surface area (Å²) < 4.78 is 0. The molecule has 21 heavy (non-hydrogen) atoms. The lowest BCUT2D eigenvalue weighted by molar-refractivity contribution is 0.142. The van der Waals surface area contributed by atoms with E-state index < -0.39 is 0 Å². The number of aliphatic hydroxyl groups is 1. The highest BCUT2D eigenvalue weighted by Crippen LogP contribution is 2.19. The van der Waals surface area contributed by atoms with Crippen molar-refractivity contribution in [3.05, 3.63) is 11.8 Å². The van der Waals surface area contributed by atoms with Crippen molar-refractivity contribution in [1.29, 1.82) is 5.26 Å². The van der Waals surface area contributed by atoms with Gasteiger partial charge in [0.05, 0.1) is 12.8 Å². The van der Waals surface area contributed by atoms with E-state index in [4.69, 9.17) is 16.1 Å². The van der Waals surface area contributed by atoms with Crippen LogP contribution in [0.15, 0.2) is 6.20 Å². The van der Waals surface area contributed by atoms with Crippen LogP contribution in [0.5, 0.6) is 0 Å². The molecule has 2 rings (SSSR count). The van der Waals surface area contributed by atoms with Crippen molar-refractivity contribution in [3.8, 4) is 6.07 Å². The van der Waals surface area contributed by atoms with Gasteiger partial charge < -0.3 is 20.6 Å². The molecule has 1 unspecified atom stereocenters. The Hall–Kier alpha value is -1.91. The number of aromatic nitrogens is 2. The number of aliphatic hydroxyl groups excluding tert-OH is 1. The minimum Gasteiger partial charge on any atom is -0.395 e. The summed E-state index contributed by atoms with van der Waals surface area (Å²) in [4.78, 5) is 12.6. The van der Waals surface area contributed by atoms with Crippen LogP contribution in [-0.2, 0) is 0 Å². The number of nitrogens with two attached hydrogens (primary N) is 1. The fraction of sp³-hybridized carbons (Fsp3) is 0.643. The predicted molar refractivity (Wildman–Crippen MR) is 80.7 cm³/mol. The Kier molecular flexibility index (Phi) is 5.31. The lowest BCUT2D eigenvalue weighted by Gasteiger charge is -2.34. The minimum absolute atomic E-state index is 0.206. The van der Waals surface area contributed by atoms with Gasteiger partial charge in [-0.2, -0.15) is 10.2 Å². The van der Waals surface area contributed by atoms with E-state index in [0.717, 1.165) is 39.0 Å². The first kappa shape index (κ1) is 15.5. The van der Waals surface area contributed by atoms with Crippen molar-refractivity contribution in [2.24, 2.45) is 5.92 Å². The molecule has 114 valence electrons. The fourth-order valence-electron chi connectivity index (χ4n) is 2.77. The smallest absolute Gasteiger partial charge is 0.227 e. The normalized spacial score (nSPS) is 19.2. The predicted octanol–water partition coefficient (Wildman–Crippen LogP) is 0.0710. The zero-order valence-corrected chi connectivity index (χ0v) is 12.4. The summed E-state index contributed by atoms with van der Waals surface area (Å²) in [5.41, 5.74) is 6.03. The molecule has 7 heteroatoms. The number of rotatable bonds is 5. The Morgan fingerprint density at radius 3 is 3.10 bits per heavy atom. The molecule has 1 aromatic heterocycles. The Bertz CT molecular complexity index is 513. The van der Waals surface area contributed by atoms with E-state index >= 15 is 0 Å². The van der Waals surface area contributed by atoms with Crippen molar-refractivity contribution in [2.45, 2.75) is 12.8 Å². The molecule has 2 heterocycles. The number of piperidine rings is 1. The monoisotopic (exact) mass is 290 g/mol. The number of likely N-dealkylation sites (tertiary alicyclic amines) is 1. The van der Waals surface area contributed by atoms with E-state index in [1.807, 2.05) is 18.0 Å². The first-order valence-electron chi connectivity index (χ1n) is 7.21. The topological polar surface area (TPSA) is 102 Å². The molecule has 1 aromatic rings. The number of nitriles is 1. The van der Waals surface area contributed by atoms with E-state index in [2.05, 4.69) is 14.9 Å². The molecule has 1 aliphatic heterocycles. The van der Waals surface area contributed by atoms with Gasteiger partial charge in [0.25, 0.3) is 0 Å². The van der Waals surface area contributed by atoms with Gasteiger partial charge in [-0.1, -0.05) is 0 Å². The zero-order chi connectivity index (χ0) is 15.2. The number of nitrogen functional groups attached to an aromatic ring is 1. The van der Waals surface area contributed by atoms with Crippen molar-refractivity contribution in [1.82, 2.24) is 14.9 Å². The zero-order valence-electron chi connectivity index (χ0n) is 12.4. The first-order valence-corrected chi connectivity index (χ1v) is 7.21. The van der Waals surface area contributed by atoms with Gasteiger partial charge >= 0.3 is 0 Å². The molecule has 0 bridgehead atoms. The van der Waals surface area contributed by atoms with E-state index in [0.29, 0.717) is 17.4 Å². The van der Waals surface area contributed by atoms with Crippen LogP contribution in [0.3, 0.4) is 0 Å². The quantitative estimate of drug-likeness (QED) is 0.791. The van der Waals surface area contributed by atoms with Crippen LogP contribution in [0.4, 0.5) is 11.8 Å². The number of nitrogens with zero attached hydrogens (tertiary/aromatic N) is 5. The van der Waals surface area contributed by atoms with Crippen LogP contribution in [0.1, 0.15) is 18.4 Å². The Labute approximate surface area is 125 Å². The SMILES string of the molecule is CN(CC1CCCN(CCO)C1)c1ncc(C#N)c(N)n1. The Morgan fingerprint density at radius 1 is 1.62 bits per heavy atom. The molecule has 1 atom stereocenters. The molecule has 1 fully saturated rings. The summed E-state index contributed by atoms with van der Waals surface area (Å²) in [5.74, 6) is 1.29. The number of β-amino-alcohol motifs (C(OH)–C–C–N with tert-alkyl or cyclic N) is 1. The second-order valence-corrected chi connectivity index (χ2v) is 5.49. The van der Waals surface area contributed by atoms with Crippen molar-refractivity contribution in [3.63, 3.8) is 0 Å². The fourth-order valence-corrected chi connectivity index (χ4v) is 2.77. The molecule has 1 aliphatic rings. The molecule has 0 saturated carbocycles. The number of hydrogen-bond acceptors (Lipinski definition) is 7. The van der Waals surface area contributed by atoms with Crippen LogP contribution in [0.2, 0.25) is 0 Å². The maximum absolute atomic E-state index is 9.03. The molecular formula is C14H22N6O. The average Bonchev–Trinajstić information content (AvgIpc) is 2.48. The van der Waals surface area contributed by atoms with Gasteiger partial charge in [-0.15, -0.1) is 0 Å². The molecule has 3 N–H and O–H groups in total. The van der Waals surface area contributed by atoms with Gasteiger partial charge in [-0.3, -0.25) is 0 Å². The van der Waals surface area contributed by atoms with Gasteiger partial charge in [0.1, 0.15) is 17.5 Å². The molecule has 0 spiro atoms. The summed E-state index contributed by atoms with van der Waals surface area (Å²) in [6, 6.07) is 1.96. The molecule has 7 nitrogen and oxygen atoms in total. The highest BCUT2D eigenvalue weighted by Gasteiger charge is 2.21. The van der Waals surface area contributed by atoms with Gasteiger partial charge in [0, 0.05) is 26.7 Å². The van der Waals surface area contributed by atoms with Crippen LogP contribution in [-0.4, -0.2) is 59.8 Å². The van der Waals surface area contributed by atoms with Crippen molar-refractivity contribution < 1.29 is 5.11 Å². The first-order chi connectivity index (χ1) is 10.1. The summed E-state index contributed by atoms with van der Waals surface area (Å²) in [5, 5.41) is 17.9. The highest BCUT2D eigenvalue weighted by molar-refractivity contribution is 5.50. The summed E-state index contributed by atoms with van der Waals surface area (Å²) in [7, 11) is 1.94. The third kappa shape index (κ3) is 4.03. The standard InChI is InChI=1S/C14H22N6O/c1-19(14-17-8-12(7-15)13(16)18-14)9-11-3-2-4-20(10-11)5-6-21/h8,11,21H,2-6,9-10H2,1H3,(H2,16,17,18). The van der Waals surface area contributed by atoms with Crippen LogP contribution < -0.4 is 10.6 Å². The van der Waals surface area contributed by atoms with Crippen LogP contribution in [0, 0.1) is 17.2 Å². The molecule has 1 saturated heterocycles. The molecule has 0 amide bonds. The van der Waals surface area contributed by atoms with Crippen molar-refractivity contribution >= 4 is 11.8 Å². The maximum Gasteiger partial charge on any atom is 0.227 e. The minimum atomic E-state index is 0.206. The van der Waals surface area contributed by atoms with E-state index in [1.165, 1.54) is 6.20 Å². The maximum atomic E-state index is 9.03. The number of anilines is 2. The molecule has 0 aromatic carbocycles. The third-order valence-corrected chi connectivity index (χ3v) is 3.82. The Balaban J connectivity index is 1.96. The molecular weight excluding hydrogens is 268 g/mol. The third-order valence-electron chi connectivity index (χ3n) is 3.82. The van der Waals surface area contributed by atoms with Crippen LogP contribution >= 0.6 is 0 Å². The summed E-state index contributed by atoms with van der Waals surface area (Å²) >= 11 is 0. The summed E-state index contributed by atoms with van der Waals surface area (Å²) in [6.07, 6.45) is 3.78. The molecule has 0 radical (unpaired) electrons. The summed E-state index contributed by atoms with van der Waals surface area (Å²) in [6.45, 7) is 3.82. The largest absolute Gasteiger partial charge is 0.395 e. The second kappa shape index (κ2) is 7.20. The van der Waals surface area contributed by atoms with E-state index in [9.17, 15) is 0 Å². The van der Waals surface area contributed by atoms with Gasteiger partial charge in [-0.05, 0) is 25.3 Å². The average molecular weight is 290 g/mol. The lowest BCUT2D eigenvalue weighted by atomic mass is 9.97. The van der Waals surface area contributed by atoms with Crippen LogP contribution in [0.25, 0.3) is 0 Å². The highest BCUT2D eigenvalue weighted by atomic mass is 16.3. The number of hydrogen-bond donors (Lipinski definition) is 2. The lowest BCUT2D eigenvalue weighted by Crippen LogP contribution is -2.41.